The van der Waals surface area contributed by atoms with Gasteiger partial charge in [-0.15, -0.1) is 11.8 Å². The summed E-state index contributed by atoms with van der Waals surface area (Å²) in [6, 6.07) is 8.77. The number of methoxy groups -OCH3 is 1. The summed E-state index contributed by atoms with van der Waals surface area (Å²) in [5, 5.41) is 10.1. The average Bonchev–Trinajstić information content (AvgIpc) is 3.25. The third-order valence-corrected chi connectivity index (χ3v) is 8.83. The number of aliphatic carboxylic acids is 1. The second-order valence-corrected chi connectivity index (χ2v) is 11.4. The number of likely N-dealkylation sites (tertiary alicyclic amines) is 1. The van der Waals surface area contributed by atoms with Crippen LogP contribution in [0.1, 0.15) is 31.2 Å². The van der Waals surface area contributed by atoms with E-state index in [-0.39, 0.29) is 23.3 Å². The Morgan fingerprint density at radius 3 is 2.89 bits per heavy atom. The van der Waals surface area contributed by atoms with Crippen molar-refractivity contribution in [1.29, 1.82) is 0 Å². The van der Waals surface area contributed by atoms with Crippen LogP contribution in [0.5, 0.6) is 5.75 Å². The molecule has 0 aliphatic carbocycles. The molecule has 0 amide bonds. The number of benzene rings is 1. The Kier molecular flexibility index (Phi) is 8.97. The molecule has 1 N–H and O–H groups in total. The summed E-state index contributed by atoms with van der Waals surface area (Å²) in [5.74, 6) is 0.802. The molecule has 4 rings (SSSR count). The molecular weight excluding hydrogens is 490 g/mol. The number of pyridine rings is 1. The van der Waals surface area contributed by atoms with E-state index in [4.69, 9.17) is 4.74 Å². The highest BCUT2D eigenvalue weighted by Crippen LogP contribution is 2.33. The molecule has 0 saturated carbocycles. The van der Waals surface area contributed by atoms with Gasteiger partial charge in [0.05, 0.1) is 23.0 Å². The smallest absolute Gasteiger partial charge is 0.303 e. The van der Waals surface area contributed by atoms with E-state index in [0.717, 1.165) is 71.1 Å². The second kappa shape index (κ2) is 12.1. The first kappa shape index (κ1) is 25.9. The fraction of sp³-hybridized carbons (Fsp3) is 0.462. The molecule has 0 unspecified atom stereocenters. The van der Waals surface area contributed by atoms with Crippen molar-refractivity contribution in [3.63, 3.8) is 0 Å². The highest BCUT2D eigenvalue weighted by molar-refractivity contribution is 8.01. The largest absolute Gasteiger partial charge is 0.497 e. The molecule has 2 aromatic heterocycles. The molecule has 0 spiro atoms. The predicted molar refractivity (Wildman–Crippen MR) is 136 cm³/mol. The van der Waals surface area contributed by atoms with E-state index in [1.54, 1.807) is 24.9 Å². The van der Waals surface area contributed by atoms with E-state index in [1.165, 1.54) is 12.3 Å². The molecule has 1 aromatic carbocycles. The lowest BCUT2D eigenvalue weighted by Crippen LogP contribution is -2.42. The molecule has 3 heterocycles. The molecule has 5 nitrogen and oxygen atoms in total. The van der Waals surface area contributed by atoms with Crippen molar-refractivity contribution in [2.24, 2.45) is 11.8 Å². The predicted octanol–water partition coefficient (Wildman–Crippen LogP) is 6.11. The highest BCUT2D eigenvalue weighted by Gasteiger charge is 2.30. The van der Waals surface area contributed by atoms with Gasteiger partial charge in [-0.05, 0) is 80.0 Å². The summed E-state index contributed by atoms with van der Waals surface area (Å²) in [7, 11) is 1.59. The molecule has 3 aromatic rings. The van der Waals surface area contributed by atoms with Gasteiger partial charge in [-0.25, -0.2) is 4.39 Å². The van der Waals surface area contributed by atoms with Crippen molar-refractivity contribution in [1.82, 2.24) is 9.88 Å². The average molecular weight is 521 g/mol. The number of aromatic nitrogens is 1. The Hall–Kier alpha value is -2.23. The third-order valence-electron chi connectivity index (χ3n) is 6.75. The molecule has 1 aliphatic heterocycles. The van der Waals surface area contributed by atoms with Gasteiger partial charge in [-0.1, -0.05) is 11.3 Å². The van der Waals surface area contributed by atoms with Crippen molar-refractivity contribution in [3.8, 4) is 5.75 Å². The monoisotopic (exact) mass is 520 g/mol. The zero-order valence-corrected chi connectivity index (χ0v) is 21.3. The number of carboxylic acids is 1. The number of ether oxygens (including phenoxy) is 1. The molecular formula is C26H30F2N2O3S2. The van der Waals surface area contributed by atoms with Crippen LogP contribution in [0.25, 0.3) is 10.9 Å². The van der Waals surface area contributed by atoms with Crippen LogP contribution in [-0.2, 0) is 11.2 Å². The van der Waals surface area contributed by atoms with Crippen LogP contribution in [0.3, 0.4) is 0 Å². The first-order valence-corrected chi connectivity index (χ1v) is 13.7. The molecule has 188 valence electrons. The van der Waals surface area contributed by atoms with Gasteiger partial charge >= 0.3 is 5.97 Å². The van der Waals surface area contributed by atoms with Crippen LogP contribution in [0.15, 0.2) is 40.7 Å². The molecule has 0 radical (unpaired) electrons. The Labute approximate surface area is 212 Å². The number of fused-ring (bicyclic) bond motifs is 1. The van der Waals surface area contributed by atoms with Crippen LogP contribution in [-0.4, -0.2) is 53.5 Å². The number of halogens is 2. The molecule has 1 saturated heterocycles. The number of thioether (sulfide) groups is 1. The van der Waals surface area contributed by atoms with Gasteiger partial charge in [-0.2, -0.15) is 4.39 Å². The standard InChI is InChI=1S/C26H30F2N2O3S2/c1-33-19-5-6-23-21(14-19)20(22(27)15-29-23)4-2-3-17-9-10-30(16-18(17)13-25(31)32)11-12-34-26-8-7-24(28)35-26/h5-8,14-15,17-18H,2-4,9-13,16H2,1H3,(H,31,32)/t17-,18-/m1/s1. The van der Waals surface area contributed by atoms with Crippen molar-refractivity contribution in [3.05, 3.63) is 53.0 Å². The molecule has 1 aliphatic rings. The van der Waals surface area contributed by atoms with E-state index in [0.29, 0.717) is 23.7 Å². The molecule has 2 atom stereocenters. The molecule has 9 heteroatoms. The molecule has 0 bridgehead atoms. The lowest BCUT2D eigenvalue weighted by Gasteiger charge is -2.38. The minimum atomic E-state index is -0.774. The van der Waals surface area contributed by atoms with Gasteiger partial charge in [0.25, 0.3) is 0 Å². The molecule has 35 heavy (non-hydrogen) atoms. The van der Waals surface area contributed by atoms with Gasteiger partial charge in [0.2, 0.25) is 0 Å². The van der Waals surface area contributed by atoms with Crippen molar-refractivity contribution < 1.29 is 23.4 Å². The Morgan fingerprint density at radius 1 is 1.29 bits per heavy atom. The first-order valence-electron chi connectivity index (χ1n) is 11.9. The maximum atomic E-state index is 14.7. The summed E-state index contributed by atoms with van der Waals surface area (Å²) in [6.07, 6.45) is 4.58. The maximum Gasteiger partial charge on any atom is 0.303 e. The fourth-order valence-electron chi connectivity index (χ4n) is 4.97. The number of aryl methyl sites for hydroxylation is 1. The van der Waals surface area contributed by atoms with E-state index in [1.807, 2.05) is 18.2 Å². The SMILES string of the molecule is COc1ccc2ncc(F)c(CCC[C@@H]3CCN(CCSc4ccc(F)s4)C[C@H]3CC(=O)O)c2c1. The quantitative estimate of drug-likeness (QED) is 0.308. The fourth-order valence-corrected chi connectivity index (χ4v) is 6.87. The zero-order chi connectivity index (χ0) is 24.8. The Morgan fingerprint density at radius 2 is 2.14 bits per heavy atom. The minimum absolute atomic E-state index is 0.0737. The summed E-state index contributed by atoms with van der Waals surface area (Å²) < 4.78 is 34.1. The van der Waals surface area contributed by atoms with Crippen LogP contribution in [0.2, 0.25) is 0 Å². The lowest BCUT2D eigenvalue weighted by atomic mass is 9.80. The van der Waals surface area contributed by atoms with Crippen LogP contribution < -0.4 is 4.74 Å². The number of hydrogen-bond donors (Lipinski definition) is 1. The number of piperidine rings is 1. The Bertz CT molecular complexity index is 1160. The summed E-state index contributed by atoms with van der Waals surface area (Å²) in [4.78, 5) is 18.1. The summed E-state index contributed by atoms with van der Waals surface area (Å²) in [6.45, 7) is 2.52. The van der Waals surface area contributed by atoms with Crippen molar-refractivity contribution in [2.45, 2.75) is 36.3 Å². The van der Waals surface area contributed by atoms with Crippen molar-refractivity contribution in [2.75, 3.05) is 32.5 Å². The van der Waals surface area contributed by atoms with E-state index < -0.39 is 5.97 Å². The lowest BCUT2D eigenvalue weighted by molar-refractivity contribution is -0.139. The maximum absolute atomic E-state index is 14.7. The van der Waals surface area contributed by atoms with E-state index in [9.17, 15) is 18.7 Å². The normalized spacial score (nSPS) is 18.7. The van der Waals surface area contributed by atoms with E-state index >= 15 is 0 Å². The summed E-state index contributed by atoms with van der Waals surface area (Å²) >= 11 is 2.80. The minimum Gasteiger partial charge on any atom is -0.497 e. The van der Waals surface area contributed by atoms with Gasteiger partial charge in [0.15, 0.2) is 5.13 Å². The van der Waals surface area contributed by atoms with Crippen LogP contribution in [0, 0.1) is 22.8 Å². The van der Waals surface area contributed by atoms with Gasteiger partial charge in [0, 0.05) is 30.6 Å². The van der Waals surface area contributed by atoms with E-state index in [2.05, 4.69) is 9.88 Å². The summed E-state index contributed by atoms with van der Waals surface area (Å²) in [5.41, 5.74) is 1.38. The van der Waals surface area contributed by atoms with Crippen LogP contribution in [0.4, 0.5) is 8.78 Å². The number of thiophene rings is 1. The topological polar surface area (TPSA) is 62.7 Å². The van der Waals surface area contributed by atoms with Crippen molar-refractivity contribution >= 4 is 40.0 Å². The van der Waals surface area contributed by atoms with Gasteiger partial charge in [0.1, 0.15) is 11.6 Å². The number of carbonyl (C=O) groups is 1. The van der Waals surface area contributed by atoms with Gasteiger partial charge in [-0.3, -0.25) is 9.78 Å². The van der Waals surface area contributed by atoms with Crippen LogP contribution >= 0.6 is 23.1 Å². The molecule has 1 fully saturated rings. The highest BCUT2D eigenvalue weighted by atomic mass is 32.2. The first-order chi connectivity index (χ1) is 16.9. The Balaban J connectivity index is 1.33. The number of hydrogen-bond acceptors (Lipinski definition) is 6. The third kappa shape index (κ3) is 6.92. The number of carboxylic acid groups (broad SMARTS) is 1. The van der Waals surface area contributed by atoms with Gasteiger partial charge < -0.3 is 14.7 Å². The zero-order valence-electron chi connectivity index (χ0n) is 19.7. The second-order valence-electron chi connectivity index (χ2n) is 8.97. The number of rotatable bonds is 11. The number of nitrogens with zero attached hydrogens (tertiary/aromatic N) is 2.